The molecule has 0 aliphatic carbocycles. The Labute approximate surface area is 233 Å². The zero-order valence-corrected chi connectivity index (χ0v) is 23.3. The van der Waals surface area contributed by atoms with Gasteiger partial charge in [-0.1, -0.05) is 55.3 Å². The molecule has 7 nitrogen and oxygen atoms in total. The Balaban J connectivity index is 1.66. The van der Waals surface area contributed by atoms with Crippen LogP contribution in [0.5, 0.6) is 17.2 Å². The van der Waals surface area contributed by atoms with Gasteiger partial charge in [-0.15, -0.1) is 0 Å². The van der Waals surface area contributed by atoms with Gasteiger partial charge >= 0.3 is 0 Å². The van der Waals surface area contributed by atoms with Crippen molar-refractivity contribution >= 4 is 17.5 Å². The fraction of sp³-hybridized carbons (Fsp3) is 0.290. The lowest BCUT2D eigenvalue weighted by atomic mass is 9.93. The van der Waals surface area contributed by atoms with E-state index in [9.17, 15) is 9.90 Å². The summed E-state index contributed by atoms with van der Waals surface area (Å²) in [6.07, 6.45) is 1.97. The predicted molar refractivity (Wildman–Crippen MR) is 152 cm³/mol. The number of benzene rings is 3. The number of nitrogens with zero attached hydrogens (tertiary/aromatic N) is 2. The number of carbonyl (C=O) groups is 1. The molecular weight excluding hydrogens is 514 g/mol. The molecule has 0 bridgehead atoms. The van der Waals surface area contributed by atoms with E-state index >= 15 is 0 Å². The van der Waals surface area contributed by atoms with Crippen LogP contribution in [0.2, 0.25) is 5.02 Å². The standard InChI is InChI=1S/C31H32ClN3O4/c1-5-6-13-39-24-12-11-20(16-25(24)38-4)29-26-27(22-15-18(2)14-19(3)30(22)36)33-34-28(26)31(37)35(29)17-21-9-7-8-10-23(21)32/h7-12,14-16,29,36H,5-6,13,17H2,1-4H3,(H,33,34). The monoisotopic (exact) mass is 545 g/mol. The van der Waals surface area contributed by atoms with E-state index in [-0.39, 0.29) is 11.7 Å². The van der Waals surface area contributed by atoms with Crippen LogP contribution in [-0.2, 0) is 6.54 Å². The van der Waals surface area contributed by atoms with Crippen LogP contribution in [0.15, 0.2) is 54.6 Å². The number of halogens is 1. The van der Waals surface area contributed by atoms with E-state index in [0.717, 1.165) is 35.1 Å². The Kier molecular flexibility index (Phi) is 7.53. The van der Waals surface area contributed by atoms with Crippen molar-refractivity contribution in [2.75, 3.05) is 13.7 Å². The Bertz CT molecular complexity index is 1530. The van der Waals surface area contributed by atoms with Crippen LogP contribution in [0.3, 0.4) is 0 Å². The smallest absolute Gasteiger partial charge is 0.273 e. The number of aryl methyl sites for hydroxylation is 2. The summed E-state index contributed by atoms with van der Waals surface area (Å²) in [5.74, 6) is 1.18. The SMILES string of the molecule is CCCCOc1ccc(C2c3c(-c4cc(C)cc(C)c4O)n[nH]c3C(=O)N2Cc2ccccc2Cl)cc1OC. The first-order chi connectivity index (χ1) is 18.8. The molecule has 202 valence electrons. The average Bonchev–Trinajstić information content (AvgIpc) is 3.46. The van der Waals surface area contributed by atoms with Gasteiger partial charge in [0, 0.05) is 22.7 Å². The third kappa shape index (κ3) is 4.94. The maximum absolute atomic E-state index is 13.8. The van der Waals surface area contributed by atoms with Gasteiger partial charge in [-0.25, -0.2) is 0 Å². The van der Waals surface area contributed by atoms with Gasteiger partial charge in [-0.2, -0.15) is 5.10 Å². The van der Waals surface area contributed by atoms with Gasteiger partial charge in [0.05, 0.1) is 19.8 Å². The molecule has 1 aliphatic heterocycles. The van der Waals surface area contributed by atoms with Crippen molar-refractivity contribution in [3.8, 4) is 28.5 Å². The zero-order chi connectivity index (χ0) is 27.7. The number of phenolic OH excluding ortho intramolecular Hbond substituents is 1. The number of phenols is 1. The molecule has 0 saturated heterocycles. The molecule has 0 saturated carbocycles. The molecule has 8 heteroatoms. The summed E-state index contributed by atoms with van der Waals surface area (Å²) in [6.45, 7) is 6.82. The van der Waals surface area contributed by atoms with E-state index in [4.69, 9.17) is 21.1 Å². The highest BCUT2D eigenvalue weighted by Crippen LogP contribution is 2.47. The Morgan fingerprint density at radius 1 is 1.10 bits per heavy atom. The fourth-order valence-electron chi connectivity index (χ4n) is 5.16. The van der Waals surface area contributed by atoms with Crippen molar-refractivity contribution in [1.29, 1.82) is 0 Å². The van der Waals surface area contributed by atoms with Gasteiger partial charge in [0.15, 0.2) is 11.5 Å². The van der Waals surface area contributed by atoms with E-state index < -0.39 is 6.04 Å². The van der Waals surface area contributed by atoms with Crippen molar-refractivity contribution in [3.05, 3.63) is 93.1 Å². The Morgan fingerprint density at radius 2 is 1.90 bits per heavy atom. The molecule has 1 unspecified atom stereocenters. The van der Waals surface area contributed by atoms with Crippen LogP contribution >= 0.6 is 11.6 Å². The quantitative estimate of drug-likeness (QED) is 0.221. The number of aromatic nitrogens is 2. The lowest BCUT2D eigenvalue weighted by Gasteiger charge is -2.27. The Hall–Kier alpha value is -3.97. The van der Waals surface area contributed by atoms with E-state index in [2.05, 4.69) is 17.1 Å². The number of hydrogen-bond acceptors (Lipinski definition) is 5. The van der Waals surface area contributed by atoms with Crippen molar-refractivity contribution in [3.63, 3.8) is 0 Å². The number of ether oxygens (including phenoxy) is 2. The molecule has 39 heavy (non-hydrogen) atoms. The van der Waals surface area contributed by atoms with Crippen LogP contribution in [-0.4, -0.2) is 39.8 Å². The number of carbonyl (C=O) groups excluding carboxylic acids is 1. The average molecular weight is 546 g/mol. The summed E-state index contributed by atoms with van der Waals surface area (Å²) in [5, 5.41) is 19.1. The molecular formula is C31H32ClN3O4. The van der Waals surface area contributed by atoms with E-state index in [1.54, 1.807) is 12.0 Å². The first kappa shape index (κ1) is 26.6. The molecule has 0 fully saturated rings. The van der Waals surface area contributed by atoms with Gasteiger partial charge < -0.3 is 19.5 Å². The second-order valence-electron chi connectivity index (χ2n) is 9.88. The molecule has 1 amide bonds. The van der Waals surface area contributed by atoms with Crippen molar-refractivity contribution in [2.45, 2.75) is 46.2 Å². The second kappa shape index (κ2) is 11.0. The van der Waals surface area contributed by atoms with Crippen LogP contribution < -0.4 is 9.47 Å². The van der Waals surface area contributed by atoms with Crippen molar-refractivity contribution < 1.29 is 19.4 Å². The van der Waals surface area contributed by atoms with Crippen LogP contribution in [0.1, 0.15) is 64.1 Å². The summed E-state index contributed by atoms with van der Waals surface area (Å²) in [7, 11) is 1.61. The third-order valence-corrected chi connectivity index (χ3v) is 7.49. The largest absolute Gasteiger partial charge is 0.507 e. The number of hydrogen-bond donors (Lipinski definition) is 2. The molecule has 5 rings (SSSR count). The molecule has 3 aromatic carbocycles. The number of H-pyrrole nitrogens is 1. The summed E-state index contributed by atoms with van der Waals surface area (Å²) in [6, 6.07) is 16.6. The minimum Gasteiger partial charge on any atom is -0.507 e. The van der Waals surface area contributed by atoms with Crippen molar-refractivity contribution in [2.24, 2.45) is 0 Å². The van der Waals surface area contributed by atoms with E-state index in [1.807, 2.05) is 68.4 Å². The highest BCUT2D eigenvalue weighted by Gasteiger charge is 2.43. The number of amides is 1. The number of fused-ring (bicyclic) bond motifs is 1. The number of unbranched alkanes of at least 4 members (excludes halogenated alkanes) is 1. The number of nitrogens with one attached hydrogen (secondary N) is 1. The first-order valence-corrected chi connectivity index (χ1v) is 13.5. The summed E-state index contributed by atoms with van der Waals surface area (Å²) in [5.41, 5.74) is 5.60. The Morgan fingerprint density at radius 3 is 2.64 bits per heavy atom. The number of aromatic hydroxyl groups is 1. The molecule has 0 spiro atoms. The minimum atomic E-state index is -0.503. The molecule has 2 heterocycles. The lowest BCUT2D eigenvalue weighted by Crippen LogP contribution is -2.29. The van der Waals surface area contributed by atoms with Crippen LogP contribution in [0.4, 0.5) is 0 Å². The maximum Gasteiger partial charge on any atom is 0.273 e. The highest BCUT2D eigenvalue weighted by atomic mass is 35.5. The fourth-order valence-corrected chi connectivity index (χ4v) is 5.36. The predicted octanol–water partition coefficient (Wildman–Crippen LogP) is 6.99. The number of methoxy groups -OCH3 is 1. The highest BCUT2D eigenvalue weighted by molar-refractivity contribution is 6.31. The first-order valence-electron chi connectivity index (χ1n) is 13.1. The lowest BCUT2D eigenvalue weighted by molar-refractivity contribution is 0.0730. The summed E-state index contributed by atoms with van der Waals surface area (Å²) < 4.78 is 11.7. The van der Waals surface area contributed by atoms with Gasteiger partial charge in [0.2, 0.25) is 0 Å². The van der Waals surface area contributed by atoms with Gasteiger partial charge in [0.25, 0.3) is 5.91 Å². The molecule has 0 radical (unpaired) electrons. The molecule has 4 aromatic rings. The van der Waals surface area contributed by atoms with Gasteiger partial charge in [-0.3, -0.25) is 9.89 Å². The number of aromatic amines is 1. The van der Waals surface area contributed by atoms with Crippen molar-refractivity contribution in [1.82, 2.24) is 15.1 Å². The van der Waals surface area contributed by atoms with Crippen LogP contribution in [0, 0.1) is 13.8 Å². The maximum atomic E-state index is 13.8. The molecule has 1 aliphatic rings. The number of rotatable bonds is 9. The summed E-state index contributed by atoms with van der Waals surface area (Å²) in [4.78, 5) is 15.6. The van der Waals surface area contributed by atoms with E-state index in [0.29, 0.717) is 52.2 Å². The topological polar surface area (TPSA) is 87.7 Å². The second-order valence-corrected chi connectivity index (χ2v) is 10.3. The van der Waals surface area contributed by atoms with Gasteiger partial charge in [0.1, 0.15) is 17.1 Å². The van der Waals surface area contributed by atoms with Crippen LogP contribution in [0.25, 0.3) is 11.3 Å². The summed E-state index contributed by atoms with van der Waals surface area (Å²) >= 11 is 6.51. The van der Waals surface area contributed by atoms with Gasteiger partial charge in [-0.05, 0) is 66.8 Å². The normalized spacial score (nSPS) is 14.5. The zero-order valence-electron chi connectivity index (χ0n) is 22.5. The third-order valence-electron chi connectivity index (χ3n) is 7.12. The van der Waals surface area contributed by atoms with E-state index in [1.165, 1.54) is 0 Å². The molecule has 2 N–H and O–H groups in total. The molecule has 1 aromatic heterocycles. The molecule has 1 atom stereocenters. The minimum absolute atomic E-state index is 0.142.